The highest BCUT2D eigenvalue weighted by molar-refractivity contribution is 5.98. The van der Waals surface area contributed by atoms with E-state index in [2.05, 4.69) is 10.6 Å². The molecule has 0 saturated carbocycles. The summed E-state index contributed by atoms with van der Waals surface area (Å²) in [7, 11) is 3.03. The van der Waals surface area contributed by atoms with Crippen LogP contribution in [0.25, 0.3) is 0 Å². The molecule has 2 aromatic carbocycles. The van der Waals surface area contributed by atoms with Crippen LogP contribution in [-0.4, -0.2) is 45.3 Å². The van der Waals surface area contributed by atoms with Gasteiger partial charge in [0.25, 0.3) is 5.91 Å². The number of methoxy groups -OCH3 is 2. The topological polar surface area (TPSA) is 95.1 Å². The van der Waals surface area contributed by atoms with Gasteiger partial charge in [-0.15, -0.1) is 0 Å². The number of carbonyl (C=O) groups excluding carboxylic acids is 2. The molecule has 2 rings (SSSR count). The molecule has 0 fully saturated rings. The van der Waals surface area contributed by atoms with Gasteiger partial charge in [0.1, 0.15) is 17.5 Å². The summed E-state index contributed by atoms with van der Waals surface area (Å²) in [6, 6.07) is 9.44. The zero-order valence-corrected chi connectivity index (χ0v) is 21.1. The maximum atomic E-state index is 13.1. The van der Waals surface area contributed by atoms with Gasteiger partial charge >= 0.3 is 0 Å². The Labute approximate surface area is 201 Å². The number of ether oxygens (including phenoxy) is 4. The van der Waals surface area contributed by atoms with Crippen LogP contribution in [0.4, 0.5) is 0 Å². The van der Waals surface area contributed by atoms with Gasteiger partial charge in [-0.1, -0.05) is 19.9 Å². The van der Waals surface area contributed by atoms with E-state index in [4.69, 9.17) is 18.9 Å². The average Bonchev–Trinajstić information content (AvgIpc) is 2.82. The van der Waals surface area contributed by atoms with Crippen LogP contribution in [0.1, 0.15) is 56.6 Å². The van der Waals surface area contributed by atoms with E-state index < -0.39 is 11.9 Å². The van der Waals surface area contributed by atoms with Crippen LogP contribution in [0.2, 0.25) is 0 Å². The fraction of sp³-hybridized carbons (Fsp3) is 0.462. The first-order chi connectivity index (χ1) is 16.2. The quantitative estimate of drug-likeness (QED) is 0.482. The summed E-state index contributed by atoms with van der Waals surface area (Å²) in [4.78, 5) is 26.1. The Morgan fingerprint density at radius 1 is 0.824 bits per heavy atom. The summed E-state index contributed by atoms with van der Waals surface area (Å²) < 4.78 is 21.8. The fourth-order valence-corrected chi connectivity index (χ4v) is 3.42. The van der Waals surface area contributed by atoms with E-state index in [1.165, 1.54) is 14.2 Å². The predicted molar refractivity (Wildman–Crippen MR) is 131 cm³/mol. The van der Waals surface area contributed by atoms with E-state index in [1.807, 2.05) is 52.8 Å². The number of nitrogens with one attached hydrogen (secondary N) is 2. The molecule has 0 radical (unpaired) electrons. The number of carbonyl (C=O) groups is 2. The van der Waals surface area contributed by atoms with E-state index >= 15 is 0 Å². The second-order valence-corrected chi connectivity index (χ2v) is 8.10. The van der Waals surface area contributed by atoms with Crippen molar-refractivity contribution in [3.63, 3.8) is 0 Å². The van der Waals surface area contributed by atoms with Gasteiger partial charge in [-0.3, -0.25) is 9.59 Å². The smallest absolute Gasteiger partial charge is 0.252 e. The Morgan fingerprint density at radius 3 is 1.94 bits per heavy atom. The van der Waals surface area contributed by atoms with Crippen molar-refractivity contribution in [3.05, 3.63) is 47.5 Å². The molecule has 34 heavy (non-hydrogen) atoms. The maximum absolute atomic E-state index is 13.1. The second kappa shape index (κ2) is 12.7. The Hall–Kier alpha value is -3.42. The maximum Gasteiger partial charge on any atom is 0.252 e. The standard InChI is InChI=1S/C26H36N2O6/c1-8-33-22-11-10-18(14-23(22)34-9-2)17(5)27-26(30)24(16(3)4)28-25(29)19-12-20(31-6)15-21(13-19)32-7/h10-17,24H,8-9H2,1-7H3,(H,27,30)(H,28,29). The Kier molecular flexibility index (Phi) is 10.0. The van der Waals surface area contributed by atoms with E-state index in [0.717, 1.165) is 5.56 Å². The predicted octanol–water partition coefficient (Wildman–Crippen LogP) is 4.13. The molecule has 0 aromatic heterocycles. The molecule has 2 amide bonds. The summed E-state index contributed by atoms with van der Waals surface area (Å²) in [5, 5.41) is 5.84. The number of hydrogen-bond donors (Lipinski definition) is 2. The van der Waals surface area contributed by atoms with Crippen molar-refractivity contribution in [2.45, 2.75) is 46.7 Å². The van der Waals surface area contributed by atoms with Crippen LogP contribution >= 0.6 is 0 Å². The lowest BCUT2D eigenvalue weighted by Crippen LogP contribution is -2.50. The zero-order chi connectivity index (χ0) is 25.3. The molecule has 0 bridgehead atoms. The van der Waals surface area contributed by atoms with Gasteiger partial charge in [0.15, 0.2) is 11.5 Å². The van der Waals surface area contributed by atoms with Crippen molar-refractivity contribution in [1.29, 1.82) is 0 Å². The van der Waals surface area contributed by atoms with Crippen LogP contribution in [0.15, 0.2) is 36.4 Å². The monoisotopic (exact) mass is 472 g/mol. The van der Waals surface area contributed by atoms with Crippen molar-refractivity contribution in [2.24, 2.45) is 5.92 Å². The van der Waals surface area contributed by atoms with Crippen LogP contribution < -0.4 is 29.6 Å². The first-order valence-electron chi connectivity index (χ1n) is 11.5. The molecule has 0 spiro atoms. The molecule has 8 nitrogen and oxygen atoms in total. The highest BCUT2D eigenvalue weighted by Crippen LogP contribution is 2.31. The molecule has 0 aliphatic rings. The summed E-state index contributed by atoms with van der Waals surface area (Å²) in [5.41, 5.74) is 1.21. The van der Waals surface area contributed by atoms with Gasteiger partial charge in [-0.25, -0.2) is 0 Å². The summed E-state index contributed by atoms with van der Waals surface area (Å²) in [6.07, 6.45) is 0. The fourth-order valence-electron chi connectivity index (χ4n) is 3.42. The Bertz CT molecular complexity index is 954. The van der Waals surface area contributed by atoms with Gasteiger partial charge in [0.2, 0.25) is 5.91 Å². The lowest BCUT2D eigenvalue weighted by Gasteiger charge is -2.25. The third-order valence-electron chi connectivity index (χ3n) is 5.28. The number of rotatable bonds is 12. The SMILES string of the molecule is CCOc1ccc(C(C)NC(=O)C(NC(=O)c2cc(OC)cc(OC)c2)C(C)C)cc1OCC. The molecule has 0 heterocycles. The molecule has 0 aliphatic carbocycles. The van der Waals surface area contributed by atoms with Crippen molar-refractivity contribution in [3.8, 4) is 23.0 Å². The molecule has 0 saturated heterocycles. The average molecular weight is 473 g/mol. The Balaban J connectivity index is 2.17. The highest BCUT2D eigenvalue weighted by Gasteiger charge is 2.26. The minimum absolute atomic E-state index is 0.136. The molecule has 2 atom stereocenters. The highest BCUT2D eigenvalue weighted by atomic mass is 16.5. The van der Waals surface area contributed by atoms with Gasteiger partial charge in [-0.05, 0) is 56.5 Å². The van der Waals surface area contributed by atoms with Gasteiger partial charge in [-0.2, -0.15) is 0 Å². The van der Waals surface area contributed by atoms with Crippen molar-refractivity contribution in [2.75, 3.05) is 27.4 Å². The van der Waals surface area contributed by atoms with Crippen LogP contribution in [0, 0.1) is 5.92 Å². The van der Waals surface area contributed by atoms with E-state index in [-0.39, 0.29) is 17.9 Å². The largest absolute Gasteiger partial charge is 0.497 e. The molecular weight excluding hydrogens is 436 g/mol. The third kappa shape index (κ3) is 7.04. The minimum atomic E-state index is -0.735. The molecule has 2 N–H and O–H groups in total. The first-order valence-corrected chi connectivity index (χ1v) is 11.5. The molecule has 2 unspecified atom stereocenters. The summed E-state index contributed by atoms with van der Waals surface area (Å²) in [6.45, 7) is 10.5. The number of benzene rings is 2. The summed E-state index contributed by atoms with van der Waals surface area (Å²) in [5.74, 6) is 1.46. The first kappa shape index (κ1) is 26.8. The normalized spacial score (nSPS) is 12.5. The van der Waals surface area contributed by atoms with Gasteiger partial charge < -0.3 is 29.6 Å². The van der Waals surface area contributed by atoms with Gasteiger partial charge in [0.05, 0.1) is 33.5 Å². The van der Waals surface area contributed by atoms with E-state index in [9.17, 15) is 9.59 Å². The second-order valence-electron chi connectivity index (χ2n) is 8.10. The number of amides is 2. The number of hydrogen-bond acceptors (Lipinski definition) is 6. The third-order valence-corrected chi connectivity index (χ3v) is 5.28. The van der Waals surface area contributed by atoms with Gasteiger partial charge in [0, 0.05) is 11.6 Å². The van der Waals surface area contributed by atoms with E-state index in [1.54, 1.807) is 18.2 Å². The van der Waals surface area contributed by atoms with Crippen molar-refractivity contribution >= 4 is 11.8 Å². The van der Waals surface area contributed by atoms with Crippen LogP contribution in [-0.2, 0) is 4.79 Å². The molecule has 2 aromatic rings. The van der Waals surface area contributed by atoms with E-state index in [0.29, 0.717) is 41.8 Å². The van der Waals surface area contributed by atoms with Crippen LogP contribution in [0.5, 0.6) is 23.0 Å². The molecule has 186 valence electrons. The summed E-state index contributed by atoms with van der Waals surface area (Å²) >= 11 is 0. The molecular formula is C26H36N2O6. The Morgan fingerprint density at radius 2 is 1.41 bits per heavy atom. The zero-order valence-electron chi connectivity index (χ0n) is 21.1. The molecule has 0 aliphatic heterocycles. The van der Waals surface area contributed by atoms with Crippen LogP contribution in [0.3, 0.4) is 0 Å². The molecule has 8 heteroatoms. The lowest BCUT2D eigenvalue weighted by atomic mass is 10.0. The van der Waals surface area contributed by atoms with Crippen molar-refractivity contribution in [1.82, 2.24) is 10.6 Å². The lowest BCUT2D eigenvalue weighted by molar-refractivity contribution is -0.124. The van der Waals surface area contributed by atoms with Crippen molar-refractivity contribution < 1.29 is 28.5 Å². The minimum Gasteiger partial charge on any atom is -0.497 e.